The first kappa shape index (κ1) is 11.0. The molecule has 0 unspecified atom stereocenters. The summed E-state index contributed by atoms with van der Waals surface area (Å²) in [5, 5.41) is 9.73. The van der Waals surface area contributed by atoms with E-state index in [0.29, 0.717) is 0 Å². The van der Waals surface area contributed by atoms with Gasteiger partial charge in [0.15, 0.2) is 0 Å². The molecule has 1 aliphatic rings. The summed E-state index contributed by atoms with van der Waals surface area (Å²) >= 11 is 6.26. The number of aryl methyl sites for hydroxylation is 2. The van der Waals surface area contributed by atoms with Crippen molar-refractivity contribution in [1.29, 1.82) is 0 Å². The van der Waals surface area contributed by atoms with E-state index in [1.54, 1.807) is 0 Å². The first-order chi connectivity index (χ1) is 7.31. The lowest BCUT2D eigenvalue weighted by molar-refractivity contribution is 0.288. The summed E-state index contributed by atoms with van der Waals surface area (Å²) in [4.78, 5) is 0. The summed E-state index contributed by atoms with van der Waals surface area (Å²) in [5.74, 6) is 0. The van der Waals surface area contributed by atoms with Gasteiger partial charge in [-0.2, -0.15) is 0 Å². The number of rotatable bonds is 3. The van der Waals surface area contributed by atoms with Gasteiger partial charge in [0.05, 0.1) is 0 Å². The Labute approximate surface area is 96.1 Å². The maximum Gasteiger partial charge on any atom is 0.0443 e. The molecule has 1 aromatic carbocycles. The Balaban J connectivity index is 2.24. The lowest BCUT2D eigenvalue weighted by Gasteiger charge is -2.18. The molecule has 2 rings (SSSR count). The number of halogens is 1. The fourth-order valence-corrected chi connectivity index (χ4v) is 2.66. The van der Waals surface area contributed by atoms with E-state index in [2.05, 4.69) is 12.1 Å². The zero-order chi connectivity index (χ0) is 10.7. The zero-order valence-corrected chi connectivity index (χ0v) is 9.69. The first-order valence-electron chi connectivity index (χ1n) is 5.72. The Morgan fingerprint density at radius 2 is 2.00 bits per heavy atom. The largest absolute Gasteiger partial charge is 0.396 e. The van der Waals surface area contributed by atoms with Crippen LogP contribution in [0.25, 0.3) is 0 Å². The number of hydrogen-bond donors (Lipinski definition) is 1. The number of aliphatic hydroxyl groups excluding tert-OH is 1. The molecule has 1 N–H and O–H groups in total. The summed E-state index contributed by atoms with van der Waals surface area (Å²) in [5.41, 5.74) is 4.06. The van der Waals surface area contributed by atoms with E-state index in [-0.39, 0.29) is 6.61 Å². The van der Waals surface area contributed by atoms with Crippen LogP contribution in [0.15, 0.2) is 12.1 Å². The topological polar surface area (TPSA) is 20.2 Å². The quantitative estimate of drug-likeness (QED) is 0.837. The highest BCUT2D eigenvalue weighted by molar-refractivity contribution is 6.31. The van der Waals surface area contributed by atoms with Crippen LogP contribution in [0.3, 0.4) is 0 Å². The van der Waals surface area contributed by atoms with Crippen molar-refractivity contribution in [3.8, 4) is 0 Å². The van der Waals surface area contributed by atoms with Crippen LogP contribution in [0.2, 0.25) is 5.02 Å². The first-order valence-corrected chi connectivity index (χ1v) is 6.10. The third-order valence-corrected chi connectivity index (χ3v) is 3.43. The normalized spacial score (nSPS) is 15.1. The molecule has 0 fully saturated rings. The second-order valence-electron chi connectivity index (χ2n) is 4.25. The predicted molar refractivity (Wildman–Crippen MR) is 63.5 cm³/mol. The Bertz CT molecular complexity index is 347. The summed E-state index contributed by atoms with van der Waals surface area (Å²) in [7, 11) is 0. The molecular weight excluding hydrogens is 208 g/mol. The highest BCUT2D eigenvalue weighted by Crippen LogP contribution is 2.29. The second-order valence-corrected chi connectivity index (χ2v) is 4.66. The predicted octanol–water partition coefficient (Wildman–Crippen LogP) is 3.14. The van der Waals surface area contributed by atoms with Crippen LogP contribution in [0.4, 0.5) is 0 Å². The van der Waals surface area contributed by atoms with Crippen LogP contribution in [-0.4, -0.2) is 11.7 Å². The lowest BCUT2D eigenvalue weighted by Crippen LogP contribution is -2.04. The Kier molecular flexibility index (Phi) is 3.66. The SMILES string of the molecule is OCCCc1cc(Cl)c2c(c1)CCCC2. The standard InChI is InChI=1S/C13H17ClO/c14-13-9-10(4-3-7-15)8-11-5-1-2-6-12(11)13/h8-9,15H,1-7H2. The molecule has 0 spiro atoms. The molecule has 0 amide bonds. The van der Waals surface area contributed by atoms with E-state index >= 15 is 0 Å². The average Bonchev–Trinajstić information content (AvgIpc) is 2.26. The van der Waals surface area contributed by atoms with E-state index in [4.69, 9.17) is 16.7 Å². The molecule has 1 nitrogen and oxygen atoms in total. The molecule has 82 valence electrons. The summed E-state index contributed by atoms with van der Waals surface area (Å²) in [6.07, 6.45) is 6.62. The maximum absolute atomic E-state index is 8.80. The van der Waals surface area contributed by atoms with Gasteiger partial charge in [-0.05, 0) is 61.3 Å². The monoisotopic (exact) mass is 224 g/mol. The molecule has 0 aliphatic heterocycles. The second kappa shape index (κ2) is 5.00. The zero-order valence-electron chi connectivity index (χ0n) is 8.93. The van der Waals surface area contributed by atoms with Gasteiger partial charge in [-0.15, -0.1) is 0 Å². The fraction of sp³-hybridized carbons (Fsp3) is 0.538. The van der Waals surface area contributed by atoms with Crippen LogP contribution in [0.5, 0.6) is 0 Å². The van der Waals surface area contributed by atoms with E-state index in [1.165, 1.54) is 36.0 Å². The van der Waals surface area contributed by atoms with E-state index < -0.39 is 0 Å². The van der Waals surface area contributed by atoms with Gasteiger partial charge in [0.1, 0.15) is 0 Å². The molecule has 0 aromatic heterocycles. The lowest BCUT2D eigenvalue weighted by atomic mass is 9.89. The van der Waals surface area contributed by atoms with Crippen molar-refractivity contribution in [2.45, 2.75) is 38.5 Å². The summed E-state index contributed by atoms with van der Waals surface area (Å²) in [6, 6.07) is 4.34. The van der Waals surface area contributed by atoms with Crippen LogP contribution in [-0.2, 0) is 19.3 Å². The molecule has 0 saturated heterocycles. The molecule has 15 heavy (non-hydrogen) atoms. The van der Waals surface area contributed by atoms with Crippen molar-refractivity contribution in [1.82, 2.24) is 0 Å². The molecule has 1 aliphatic carbocycles. The Morgan fingerprint density at radius 3 is 2.80 bits per heavy atom. The summed E-state index contributed by atoms with van der Waals surface area (Å²) in [6.45, 7) is 0.259. The van der Waals surface area contributed by atoms with Gasteiger partial charge in [-0.25, -0.2) is 0 Å². The Morgan fingerprint density at radius 1 is 1.20 bits per heavy atom. The van der Waals surface area contributed by atoms with Crippen LogP contribution < -0.4 is 0 Å². The minimum Gasteiger partial charge on any atom is -0.396 e. The molecule has 0 radical (unpaired) electrons. The van der Waals surface area contributed by atoms with Gasteiger partial charge in [0, 0.05) is 11.6 Å². The number of aliphatic hydroxyl groups is 1. The molecule has 2 heteroatoms. The van der Waals surface area contributed by atoms with Gasteiger partial charge in [-0.3, -0.25) is 0 Å². The molecule has 0 saturated carbocycles. The highest BCUT2D eigenvalue weighted by atomic mass is 35.5. The number of benzene rings is 1. The van der Waals surface area contributed by atoms with Crippen molar-refractivity contribution in [3.05, 3.63) is 33.8 Å². The number of hydrogen-bond acceptors (Lipinski definition) is 1. The van der Waals surface area contributed by atoms with Crippen molar-refractivity contribution in [2.75, 3.05) is 6.61 Å². The molecule has 0 bridgehead atoms. The highest BCUT2D eigenvalue weighted by Gasteiger charge is 2.13. The third-order valence-electron chi connectivity index (χ3n) is 3.09. The van der Waals surface area contributed by atoms with Gasteiger partial charge < -0.3 is 5.11 Å². The van der Waals surface area contributed by atoms with Crippen molar-refractivity contribution in [2.24, 2.45) is 0 Å². The van der Waals surface area contributed by atoms with Gasteiger partial charge in [0.25, 0.3) is 0 Å². The molecule has 0 heterocycles. The molecule has 1 aromatic rings. The van der Waals surface area contributed by atoms with Gasteiger partial charge >= 0.3 is 0 Å². The van der Waals surface area contributed by atoms with Gasteiger partial charge in [0.2, 0.25) is 0 Å². The fourth-order valence-electron chi connectivity index (χ4n) is 2.30. The smallest absolute Gasteiger partial charge is 0.0443 e. The van der Waals surface area contributed by atoms with Gasteiger partial charge in [-0.1, -0.05) is 17.7 Å². The van der Waals surface area contributed by atoms with Crippen molar-refractivity contribution >= 4 is 11.6 Å². The van der Waals surface area contributed by atoms with Crippen LogP contribution in [0, 0.1) is 0 Å². The van der Waals surface area contributed by atoms with Crippen LogP contribution in [0.1, 0.15) is 36.0 Å². The van der Waals surface area contributed by atoms with E-state index in [0.717, 1.165) is 24.3 Å². The van der Waals surface area contributed by atoms with Crippen molar-refractivity contribution in [3.63, 3.8) is 0 Å². The minimum atomic E-state index is 0.259. The molecular formula is C13H17ClO. The minimum absolute atomic E-state index is 0.259. The van der Waals surface area contributed by atoms with E-state index in [9.17, 15) is 0 Å². The Hall–Kier alpha value is -0.530. The maximum atomic E-state index is 8.80. The molecule has 0 atom stereocenters. The third kappa shape index (κ3) is 2.53. The summed E-state index contributed by atoms with van der Waals surface area (Å²) < 4.78 is 0. The van der Waals surface area contributed by atoms with E-state index in [1.807, 2.05) is 0 Å². The number of fused-ring (bicyclic) bond motifs is 1. The average molecular weight is 225 g/mol. The van der Waals surface area contributed by atoms with Crippen molar-refractivity contribution < 1.29 is 5.11 Å². The van der Waals surface area contributed by atoms with Crippen LogP contribution >= 0.6 is 11.6 Å².